The molecule has 4 aliphatic rings. The highest BCUT2D eigenvalue weighted by atomic mass is 32.2. The number of nitrogens with one attached hydrogen (secondary N) is 1. The third-order valence-electron chi connectivity index (χ3n) is 7.99. The van der Waals surface area contributed by atoms with Crippen molar-refractivity contribution in [3.05, 3.63) is 63.7 Å². The maximum absolute atomic E-state index is 12.9. The molecule has 0 unspecified atom stereocenters. The van der Waals surface area contributed by atoms with E-state index in [0.717, 1.165) is 29.5 Å². The van der Waals surface area contributed by atoms with Crippen molar-refractivity contribution in [2.24, 2.45) is 24.8 Å². The Morgan fingerprint density at radius 1 is 1.09 bits per heavy atom. The van der Waals surface area contributed by atoms with Crippen LogP contribution in [0.2, 0.25) is 0 Å². The lowest BCUT2D eigenvalue weighted by Crippen LogP contribution is -2.48. The molecule has 10 heteroatoms. The van der Waals surface area contributed by atoms with Gasteiger partial charge in [0.2, 0.25) is 5.16 Å². The molecule has 180 valence electrons. The van der Waals surface area contributed by atoms with Crippen LogP contribution in [0, 0.1) is 27.9 Å². The van der Waals surface area contributed by atoms with Gasteiger partial charge < -0.3 is 5.32 Å². The molecule has 4 bridgehead atoms. The first-order chi connectivity index (χ1) is 16.9. The SMILES string of the molecule is Cn1nnnc1Sc1ccc(C(=O)Nc2ccc(C34CC5CC(CC(C5)C3)C4)cc2)cc1[N+](=O)[O-]. The van der Waals surface area contributed by atoms with E-state index in [4.69, 9.17) is 0 Å². The first kappa shape index (κ1) is 22.2. The van der Waals surface area contributed by atoms with E-state index in [9.17, 15) is 14.9 Å². The van der Waals surface area contributed by atoms with Crippen molar-refractivity contribution in [2.75, 3.05) is 5.32 Å². The van der Waals surface area contributed by atoms with E-state index in [0.29, 0.717) is 21.2 Å². The van der Waals surface area contributed by atoms with Gasteiger partial charge in [0.15, 0.2) is 0 Å². The monoisotopic (exact) mass is 490 g/mol. The summed E-state index contributed by atoms with van der Waals surface area (Å²) in [7, 11) is 1.66. The van der Waals surface area contributed by atoms with Gasteiger partial charge in [0.25, 0.3) is 11.6 Å². The maximum Gasteiger partial charge on any atom is 0.284 e. The van der Waals surface area contributed by atoms with Gasteiger partial charge in [-0.1, -0.05) is 12.1 Å². The lowest BCUT2D eigenvalue weighted by atomic mass is 9.48. The fourth-order valence-electron chi connectivity index (χ4n) is 6.87. The topological polar surface area (TPSA) is 116 Å². The number of hydrogen-bond acceptors (Lipinski definition) is 7. The van der Waals surface area contributed by atoms with Crippen molar-refractivity contribution in [2.45, 2.75) is 54.0 Å². The summed E-state index contributed by atoms with van der Waals surface area (Å²) in [6.45, 7) is 0. The predicted octanol–water partition coefficient (Wildman–Crippen LogP) is 4.99. The summed E-state index contributed by atoms with van der Waals surface area (Å²) >= 11 is 1.08. The van der Waals surface area contributed by atoms with Gasteiger partial charge >= 0.3 is 0 Å². The van der Waals surface area contributed by atoms with Crippen molar-refractivity contribution in [1.29, 1.82) is 0 Å². The second-order valence-corrected chi connectivity index (χ2v) is 11.4. The van der Waals surface area contributed by atoms with Crippen LogP contribution < -0.4 is 5.32 Å². The zero-order chi connectivity index (χ0) is 24.2. The van der Waals surface area contributed by atoms with Gasteiger partial charge in [-0.25, -0.2) is 4.68 Å². The van der Waals surface area contributed by atoms with Gasteiger partial charge in [-0.2, -0.15) is 0 Å². The zero-order valence-corrected chi connectivity index (χ0v) is 20.2. The van der Waals surface area contributed by atoms with Crippen molar-refractivity contribution < 1.29 is 9.72 Å². The molecule has 0 radical (unpaired) electrons. The molecular weight excluding hydrogens is 464 g/mol. The second-order valence-electron chi connectivity index (χ2n) is 10.4. The Hall–Kier alpha value is -3.27. The molecule has 0 saturated heterocycles. The molecule has 1 amide bonds. The number of amides is 1. The van der Waals surface area contributed by atoms with Crippen LogP contribution in [-0.2, 0) is 12.5 Å². The number of aryl methyl sites for hydroxylation is 1. The maximum atomic E-state index is 12.9. The standard InChI is InChI=1S/C25H26N6O3S/c1-30-24(27-28-29-30)35-22-7-2-18(11-21(22)31(33)34)23(32)26-20-5-3-19(4-6-20)25-12-15-8-16(13-25)10-17(9-15)14-25/h2-7,11,15-17H,8-10,12-14H2,1H3,(H,26,32). The molecule has 4 saturated carbocycles. The number of hydrogen-bond donors (Lipinski definition) is 1. The fourth-order valence-corrected chi connectivity index (χ4v) is 7.69. The van der Waals surface area contributed by atoms with Gasteiger partial charge in [-0.05, 0) is 114 Å². The van der Waals surface area contributed by atoms with Gasteiger partial charge in [0.05, 0.1) is 9.82 Å². The Balaban J connectivity index is 1.18. The average molecular weight is 491 g/mol. The van der Waals surface area contributed by atoms with Crippen LogP contribution in [0.5, 0.6) is 0 Å². The van der Waals surface area contributed by atoms with Crippen LogP contribution in [0.3, 0.4) is 0 Å². The highest BCUT2D eigenvalue weighted by Crippen LogP contribution is 2.60. The molecule has 0 spiro atoms. The Kier molecular flexibility index (Phi) is 5.36. The molecule has 0 atom stereocenters. The number of aromatic nitrogens is 4. The first-order valence-electron chi connectivity index (χ1n) is 12.0. The Labute approximate surface area is 206 Å². The summed E-state index contributed by atoms with van der Waals surface area (Å²) in [4.78, 5) is 24.4. The third-order valence-corrected chi connectivity index (χ3v) is 9.09. The third kappa shape index (κ3) is 4.09. The van der Waals surface area contributed by atoms with E-state index in [1.165, 1.54) is 54.8 Å². The fraction of sp³-hybridized carbons (Fsp3) is 0.440. The van der Waals surface area contributed by atoms with E-state index in [1.807, 2.05) is 12.1 Å². The number of rotatable bonds is 6. The molecule has 7 rings (SSSR count). The normalized spacial score (nSPS) is 26.6. The van der Waals surface area contributed by atoms with Crippen LogP contribution in [-0.4, -0.2) is 31.0 Å². The van der Waals surface area contributed by atoms with Crippen molar-refractivity contribution in [3.63, 3.8) is 0 Å². The molecule has 35 heavy (non-hydrogen) atoms. The summed E-state index contributed by atoms with van der Waals surface area (Å²) in [5.41, 5.74) is 2.45. The van der Waals surface area contributed by atoms with Crippen LogP contribution in [0.4, 0.5) is 11.4 Å². The van der Waals surface area contributed by atoms with E-state index < -0.39 is 4.92 Å². The number of nitro benzene ring substituents is 1. The van der Waals surface area contributed by atoms with Gasteiger partial charge in [0.1, 0.15) is 0 Å². The highest BCUT2D eigenvalue weighted by Gasteiger charge is 2.51. The highest BCUT2D eigenvalue weighted by molar-refractivity contribution is 7.99. The number of anilines is 1. The predicted molar refractivity (Wildman–Crippen MR) is 130 cm³/mol. The minimum absolute atomic E-state index is 0.164. The van der Waals surface area contributed by atoms with Crippen LogP contribution in [0.1, 0.15) is 54.4 Å². The Morgan fingerprint density at radius 3 is 2.31 bits per heavy atom. The first-order valence-corrected chi connectivity index (χ1v) is 12.8. The van der Waals surface area contributed by atoms with E-state index in [1.54, 1.807) is 19.2 Å². The molecule has 1 N–H and O–H groups in total. The van der Waals surface area contributed by atoms with Gasteiger partial charge in [-0.15, -0.1) is 5.10 Å². The van der Waals surface area contributed by atoms with Gasteiger partial charge in [0, 0.05) is 24.4 Å². The van der Waals surface area contributed by atoms with Crippen LogP contribution in [0.25, 0.3) is 0 Å². The zero-order valence-electron chi connectivity index (χ0n) is 19.4. The quantitative estimate of drug-likeness (QED) is 0.382. The minimum Gasteiger partial charge on any atom is -0.322 e. The summed E-state index contributed by atoms with van der Waals surface area (Å²) < 4.78 is 1.43. The molecule has 1 heterocycles. The smallest absolute Gasteiger partial charge is 0.284 e. The molecule has 1 aromatic heterocycles. The number of nitro groups is 1. The van der Waals surface area contributed by atoms with Gasteiger partial charge in [-0.3, -0.25) is 14.9 Å². The van der Waals surface area contributed by atoms with E-state index in [-0.39, 0.29) is 17.2 Å². The summed E-state index contributed by atoms with van der Waals surface area (Å²) in [6.07, 6.45) is 8.11. The van der Waals surface area contributed by atoms with Crippen molar-refractivity contribution in [3.8, 4) is 0 Å². The lowest BCUT2D eigenvalue weighted by molar-refractivity contribution is -0.387. The lowest BCUT2D eigenvalue weighted by Gasteiger charge is -2.57. The van der Waals surface area contributed by atoms with Crippen LogP contribution >= 0.6 is 11.8 Å². The van der Waals surface area contributed by atoms with Crippen molar-refractivity contribution >= 4 is 29.0 Å². The Morgan fingerprint density at radius 2 is 1.74 bits per heavy atom. The molecule has 0 aliphatic heterocycles. The number of carbonyl (C=O) groups excluding carboxylic acids is 1. The van der Waals surface area contributed by atoms with Crippen molar-refractivity contribution in [1.82, 2.24) is 20.2 Å². The number of nitrogens with zero attached hydrogens (tertiary/aromatic N) is 5. The molecule has 2 aromatic carbocycles. The molecule has 4 aliphatic carbocycles. The molecule has 4 fully saturated rings. The summed E-state index contributed by atoms with van der Waals surface area (Å²) in [5, 5.41) is 26.1. The molecule has 3 aromatic rings. The number of tetrazole rings is 1. The average Bonchev–Trinajstić information content (AvgIpc) is 3.23. The van der Waals surface area contributed by atoms with E-state index in [2.05, 4.69) is 33.0 Å². The number of carbonyl (C=O) groups is 1. The summed E-state index contributed by atoms with van der Waals surface area (Å²) in [5.74, 6) is 2.25. The largest absolute Gasteiger partial charge is 0.322 e. The number of benzene rings is 2. The Bertz CT molecular complexity index is 1270. The van der Waals surface area contributed by atoms with Crippen LogP contribution in [0.15, 0.2) is 52.5 Å². The van der Waals surface area contributed by atoms with E-state index >= 15 is 0 Å². The summed E-state index contributed by atoms with van der Waals surface area (Å²) in [6, 6.07) is 12.7. The molecule has 9 nitrogen and oxygen atoms in total. The molecular formula is C25H26N6O3S. The second kappa shape index (κ2) is 8.44. The minimum atomic E-state index is -0.497.